The minimum atomic E-state index is -0.500. The number of benzene rings is 1. The molecule has 5 nitrogen and oxygen atoms in total. The lowest BCUT2D eigenvalue weighted by Gasteiger charge is -2.32. The fourth-order valence-corrected chi connectivity index (χ4v) is 2.99. The average molecular weight is 349 g/mol. The maximum atomic E-state index is 13.6. The molecule has 1 fully saturated rings. The van der Waals surface area contributed by atoms with Crippen LogP contribution in [-0.2, 0) is 4.79 Å². The monoisotopic (exact) mass is 349 g/mol. The van der Waals surface area contributed by atoms with E-state index in [1.54, 1.807) is 12.1 Å². The molecule has 0 saturated carbocycles. The van der Waals surface area contributed by atoms with E-state index in [2.05, 4.69) is 15.5 Å². The van der Waals surface area contributed by atoms with E-state index >= 15 is 0 Å². The molecule has 2 amide bonds. The minimum absolute atomic E-state index is 0.0406. The minimum Gasteiger partial charge on any atom is -0.352 e. The molecular formula is C19H28FN3O2. The molecule has 2 rings (SSSR count). The first-order valence-corrected chi connectivity index (χ1v) is 8.81. The summed E-state index contributed by atoms with van der Waals surface area (Å²) in [5.41, 5.74) is -0.134. The van der Waals surface area contributed by atoms with Crippen molar-refractivity contribution in [1.29, 1.82) is 0 Å². The topological polar surface area (TPSA) is 61.4 Å². The first kappa shape index (κ1) is 19.4. The highest BCUT2D eigenvalue weighted by molar-refractivity contribution is 5.94. The van der Waals surface area contributed by atoms with Crippen LogP contribution in [-0.4, -0.2) is 48.4 Å². The van der Waals surface area contributed by atoms with Gasteiger partial charge < -0.3 is 10.6 Å². The summed E-state index contributed by atoms with van der Waals surface area (Å²) in [6.07, 6.45) is 1.83. The zero-order valence-corrected chi connectivity index (χ0v) is 15.3. The van der Waals surface area contributed by atoms with Gasteiger partial charge in [0.2, 0.25) is 5.91 Å². The highest BCUT2D eigenvalue weighted by atomic mass is 19.1. The molecule has 0 aliphatic carbocycles. The predicted molar refractivity (Wildman–Crippen MR) is 95.8 cm³/mol. The average Bonchev–Trinajstić information content (AvgIpc) is 2.52. The molecule has 2 N–H and O–H groups in total. The maximum absolute atomic E-state index is 13.6. The highest BCUT2D eigenvalue weighted by Gasteiger charge is 2.23. The summed E-state index contributed by atoms with van der Waals surface area (Å²) in [5.74, 6) is -0.471. The number of likely N-dealkylation sites (tertiary alicyclic amines) is 1. The number of piperidine rings is 1. The Morgan fingerprint density at radius 3 is 2.44 bits per heavy atom. The Labute approximate surface area is 149 Å². The highest BCUT2D eigenvalue weighted by Crippen LogP contribution is 2.16. The molecule has 0 atom stereocenters. The zero-order valence-electron chi connectivity index (χ0n) is 15.3. The van der Waals surface area contributed by atoms with Gasteiger partial charge >= 0.3 is 0 Å². The second-order valence-electron chi connectivity index (χ2n) is 7.71. The van der Waals surface area contributed by atoms with Crippen LogP contribution in [0.25, 0.3) is 0 Å². The molecule has 0 aromatic heterocycles. The second-order valence-corrected chi connectivity index (χ2v) is 7.71. The van der Waals surface area contributed by atoms with Crippen LogP contribution in [0.15, 0.2) is 24.3 Å². The molecule has 0 bridgehead atoms. The van der Waals surface area contributed by atoms with E-state index in [1.807, 2.05) is 20.8 Å². The van der Waals surface area contributed by atoms with Crippen LogP contribution in [0.1, 0.15) is 44.0 Å². The third-order valence-corrected chi connectivity index (χ3v) is 4.26. The van der Waals surface area contributed by atoms with Gasteiger partial charge in [0.25, 0.3) is 5.91 Å². The van der Waals surface area contributed by atoms with Gasteiger partial charge in [0, 0.05) is 12.1 Å². The summed E-state index contributed by atoms with van der Waals surface area (Å²) < 4.78 is 13.6. The summed E-state index contributed by atoms with van der Waals surface area (Å²) in [6, 6.07) is 5.99. The van der Waals surface area contributed by atoms with Crippen LogP contribution >= 0.6 is 0 Å². The fourth-order valence-electron chi connectivity index (χ4n) is 2.99. The van der Waals surface area contributed by atoms with Crippen LogP contribution < -0.4 is 10.6 Å². The zero-order chi connectivity index (χ0) is 18.4. The van der Waals surface area contributed by atoms with Gasteiger partial charge in [-0.15, -0.1) is 0 Å². The van der Waals surface area contributed by atoms with Crippen molar-refractivity contribution in [3.63, 3.8) is 0 Å². The lowest BCUT2D eigenvalue weighted by Crippen LogP contribution is -2.48. The summed E-state index contributed by atoms with van der Waals surface area (Å²) >= 11 is 0. The van der Waals surface area contributed by atoms with Crippen molar-refractivity contribution >= 4 is 11.8 Å². The molecule has 1 saturated heterocycles. The van der Waals surface area contributed by atoms with Gasteiger partial charge in [-0.2, -0.15) is 0 Å². The number of hydrogen-bond donors (Lipinski definition) is 2. The van der Waals surface area contributed by atoms with Crippen molar-refractivity contribution in [3.05, 3.63) is 35.6 Å². The van der Waals surface area contributed by atoms with Crippen LogP contribution in [0.4, 0.5) is 4.39 Å². The van der Waals surface area contributed by atoms with E-state index < -0.39 is 5.82 Å². The molecule has 138 valence electrons. The molecule has 1 heterocycles. The molecule has 0 spiro atoms. The Morgan fingerprint density at radius 2 is 1.84 bits per heavy atom. The molecule has 25 heavy (non-hydrogen) atoms. The van der Waals surface area contributed by atoms with Gasteiger partial charge in [0.1, 0.15) is 5.82 Å². The molecule has 1 aromatic carbocycles. The molecule has 1 aliphatic heterocycles. The number of hydrogen-bond acceptors (Lipinski definition) is 3. The normalized spacial score (nSPS) is 16.5. The lowest BCUT2D eigenvalue weighted by molar-refractivity contribution is -0.124. The summed E-state index contributed by atoms with van der Waals surface area (Å²) in [6.45, 7) is 8.51. The summed E-state index contributed by atoms with van der Waals surface area (Å²) in [7, 11) is 0. The van der Waals surface area contributed by atoms with E-state index in [-0.39, 0.29) is 22.9 Å². The van der Waals surface area contributed by atoms with Crippen molar-refractivity contribution < 1.29 is 14.0 Å². The van der Waals surface area contributed by atoms with E-state index in [0.717, 1.165) is 25.9 Å². The molecule has 0 unspecified atom stereocenters. The molecular weight excluding hydrogens is 321 g/mol. The van der Waals surface area contributed by atoms with Crippen LogP contribution in [0.2, 0.25) is 0 Å². The van der Waals surface area contributed by atoms with Crippen LogP contribution in [0.5, 0.6) is 0 Å². The quantitative estimate of drug-likeness (QED) is 0.857. The van der Waals surface area contributed by atoms with Crippen molar-refractivity contribution in [1.82, 2.24) is 15.5 Å². The fraction of sp³-hybridized carbons (Fsp3) is 0.579. The van der Waals surface area contributed by atoms with Gasteiger partial charge in [-0.3, -0.25) is 14.5 Å². The lowest BCUT2D eigenvalue weighted by atomic mass is 9.96. The molecule has 0 radical (unpaired) electrons. The third kappa shape index (κ3) is 6.46. The molecule has 1 aliphatic rings. The van der Waals surface area contributed by atoms with E-state index in [4.69, 9.17) is 0 Å². The van der Waals surface area contributed by atoms with E-state index in [0.29, 0.717) is 19.0 Å². The number of nitrogens with zero attached hydrogens (tertiary/aromatic N) is 1. The van der Waals surface area contributed by atoms with Crippen molar-refractivity contribution in [3.8, 4) is 0 Å². The Balaban J connectivity index is 1.71. The van der Waals surface area contributed by atoms with Crippen molar-refractivity contribution in [2.24, 2.45) is 5.92 Å². The van der Waals surface area contributed by atoms with Gasteiger partial charge in [-0.1, -0.05) is 12.1 Å². The van der Waals surface area contributed by atoms with Gasteiger partial charge in [-0.05, 0) is 64.8 Å². The number of rotatable bonds is 5. The van der Waals surface area contributed by atoms with E-state index in [9.17, 15) is 14.0 Å². The summed E-state index contributed by atoms with van der Waals surface area (Å²) in [5, 5.41) is 5.79. The third-order valence-electron chi connectivity index (χ3n) is 4.26. The van der Waals surface area contributed by atoms with Gasteiger partial charge in [0.15, 0.2) is 0 Å². The number of nitrogens with one attached hydrogen (secondary N) is 2. The standard InChI is InChI=1S/C19H28FN3O2/c1-19(2,3)22-17(24)13-23-10-8-14(9-11-23)12-21-18(25)15-6-4-5-7-16(15)20/h4-7,14H,8-13H2,1-3H3,(H,21,25)(H,22,24). The largest absolute Gasteiger partial charge is 0.352 e. The molecule has 1 aromatic rings. The smallest absolute Gasteiger partial charge is 0.254 e. The van der Waals surface area contributed by atoms with Crippen molar-refractivity contribution in [2.75, 3.05) is 26.2 Å². The van der Waals surface area contributed by atoms with Gasteiger partial charge in [0.05, 0.1) is 12.1 Å². The van der Waals surface area contributed by atoms with E-state index in [1.165, 1.54) is 12.1 Å². The Hall–Kier alpha value is -1.95. The number of halogens is 1. The Morgan fingerprint density at radius 1 is 1.20 bits per heavy atom. The number of carbonyl (C=O) groups excluding carboxylic acids is 2. The second kappa shape index (κ2) is 8.43. The van der Waals surface area contributed by atoms with Crippen LogP contribution in [0, 0.1) is 11.7 Å². The molecule has 6 heteroatoms. The number of carbonyl (C=O) groups is 2. The summed E-state index contributed by atoms with van der Waals surface area (Å²) in [4.78, 5) is 26.1. The first-order valence-electron chi connectivity index (χ1n) is 8.81. The van der Waals surface area contributed by atoms with Crippen LogP contribution in [0.3, 0.4) is 0 Å². The maximum Gasteiger partial charge on any atom is 0.254 e. The SMILES string of the molecule is CC(C)(C)NC(=O)CN1CCC(CNC(=O)c2ccccc2F)CC1. The Kier molecular flexibility index (Phi) is 6.53. The predicted octanol–water partition coefficient (Wildman–Crippen LogP) is 2.18. The van der Waals surface area contributed by atoms with Gasteiger partial charge in [-0.25, -0.2) is 4.39 Å². The van der Waals surface area contributed by atoms with Crippen molar-refractivity contribution in [2.45, 2.75) is 39.2 Å². The Bertz CT molecular complexity index is 605. The first-order chi connectivity index (χ1) is 11.7. The number of amides is 2.